The molecule has 2 heterocycles. The molecule has 8 heteroatoms. The lowest BCUT2D eigenvalue weighted by Gasteiger charge is -2.01. The summed E-state index contributed by atoms with van der Waals surface area (Å²) >= 11 is 0. The summed E-state index contributed by atoms with van der Waals surface area (Å²) in [5.74, 6) is 0.0170. The highest BCUT2D eigenvalue weighted by molar-refractivity contribution is 6.05. The normalized spacial score (nSPS) is 10.6. The lowest BCUT2D eigenvalue weighted by Crippen LogP contribution is -2.17. The van der Waals surface area contributed by atoms with E-state index in [4.69, 9.17) is 10.3 Å². The van der Waals surface area contributed by atoms with Crippen LogP contribution in [0.3, 0.4) is 0 Å². The Balaban J connectivity index is 2.26. The van der Waals surface area contributed by atoms with Gasteiger partial charge in [-0.25, -0.2) is 0 Å². The molecular formula is C10H14N6O2. The first-order chi connectivity index (χ1) is 8.52. The molecule has 2 aromatic rings. The van der Waals surface area contributed by atoms with E-state index in [1.165, 1.54) is 4.68 Å². The fourth-order valence-corrected chi connectivity index (χ4v) is 1.63. The Morgan fingerprint density at radius 3 is 2.78 bits per heavy atom. The Labute approximate surface area is 103 Å². The number of nitrogens with one attached hydrogen (secondary N) is 1. The fourth-order valence-electron chi connectivity index (χ4n) is 1.63. The molecule has 0 aromatic carbocycles. The molecule has 96 valence electrons. The van der Waals surface area contributed by atoms with Crippen LogP contribution in [-0.2, 0) is 13.5 Å². The second-order valence-corrected chi connectivity index (χ2v) is 3.79. The fraction of sp³-hybridized carbons (Fsp3) is 0.400. The maximum atomic E-state index is 12.0. The lowest BCUT2D eigenvalue weighted by atomic mass is 10.2. The SMILES string of the molecule is CCc1nn(C)c(C(=O)Nc2nc(C)no2)c1N. The van der Waals surface area contributed by atoms with E-state index in [1.807, 2.05) is 6.92 Å². The second-order valence-electron chi connectivity index (χ2n) is 3.79. The Morgan fingerprint density at radius 2 is 2.28 bits per heavy atom. The largest absolute Gasteiger partial charge is 0.395 e. The molecule has 0 aliphatic carbocycles. The molecule has 18 heavy (non-hydrogen) atoms. The first-order valence-corrected chi connectivity index (χ1v) is 5.46. The molecule has 0 aliphatic rings. The van der Waals surface area contributed by atoms with Crippen molar-refractivity contribution in [2.75, 3.05) is 11.1 Å². The van der Waals surface area contributed by atoms with E-state index in [-0.39, 0.29) is 11.7 Å². The quantitative estimate of drug-likeness (QED) is 0.820. The number of aromatic nitrogens is 4. The molecule has 0 unspecified atom stereocenters. The van der Waals surface area contributed by atoms with Crippen molar-refractivity contribution in [1.29, 1.82) is 0 Å². The molecular weight excluding hydrogens is 236 g/mol. The van der Waals surface area contributed by atoms with Crippen LogP contribution in [0.4, 0.5) is 11.7 Å². The highest BCUT2D eigenvalue weighted by atomic mass is 16.5. The number of nitrogen functional groups attached to an aromatic ring is 1. The van der Waals surface area contributed by atoms with Crippen molar-refractivity contribution in [3.05, 3.63) is 17.2 Å². The van der Waals surface area contributed by atoms with Crippen molar-refractivity contribution in [3.63, 3.8) is 0 Å². The number of amides is 1. The van der Waals surface area contributed by atoms with Gasteiger partial charge < -0.3 is 10.3 Å². The topological polar surface area (TPSA) is 112 Å². The number of nitrogens with zero attached hydrogens (tertiary/aromatic N) is 4. The summed E-state index contributed by atoms with van der Waals surface area (Å²) in [7, 11) is 1.66. The smallest absolute Gasteiger partial charge is 0.328 e. The molecule has 0 atom stereocenters. The summed E-state index contributed by atoms with van der Waals surface area (Å²) in [5, 5.41) is 10.2. The maximum absolute atomic E-state index is 12.0. The molecule has 0 radical (unpaired) electrons. The van der Waals surface area contributed by atoms with Gasteiger partial charge in [0.1, 0.15) is 5.69 Å². The highest BCUT2D eigenvalue weighted by Gasteiger charge is 2.20. The molecule has 1 amide bonds. The van der Waals surface area contributed by atoms with E-state index < -0.39 is 5.91 Å². The Bertz CT molecular complexity index is 585. The number of hydrogen-bond acceptors (Lipinski definition) is 6. The van der Waals surface area contributed by atoms with Crippen LogP contribution in [0, 0.1) is 6.92 Å². The third-order valence-electron chi connectivity index (χ3n) is 2.46. The van der Waals surface area contributed by atoms with E-state index in [9.17, 15) is 4.79 Å². The zero-order chi connectivity index (χ0) is 13.3. The van der Waals surface area contributed by atoms with Crippen LogP contribution in [0.15, 0.2) is 4.52 Å². The van der Waals surface area contributed by atoms with Gasteiger partial charge in [0.2, 0.25) is 0 Å². The molecule has 0 spiro atoms. The molecule has 0 bridgehead atoms. The lowest BCUT2D eigenvalue weighted by molar-refractivity contribution is 0.101. The van der Waals surface area contributed by atoms with Gasteiger partial charge >= 0.3 is 6.01 Å². The summed E-state index contributed by atoms with van der Waals surface area (Å²) in [6.45, 7) is 3.58. The minimum absolute atomic E-state index is 0.0381. The Morgan fingerprint density at radius 1 is 1.56 bits per heavy atom. The van der Waals surface area contributed by atoms with Gasteiger partial charge in [-0.05, 0) is 13.3 Å². The number of hydrogen-bond donors (Lipinski definition) is 2. The molecule has 2 rings (SSSR count). The van der Waals surface area contributed by atoms with Gasteiger partial charge in [-0.15, -0.1) is 0 Å². The average Bonchev–Trinajstić information content (AvgIpc) is 2.83. The van der Waals surface area contributed by atoms with Crippen molar-refractivity contribution < 1.29 is 9.32 Å². The van der Waals surface area contributed by atoms with Gasteiger partial charge in [0, 0.05) is 7.05 Å². The minimum Gasteiger partial charge on any atom is -0.395 e. The van der Waals surface area contributed by atoms with Crippen molar-refractivity contribution in [3.8, 4) is 0 Å². The highest BCUT2D eigenvalue weighted by Crippen LogP contribution is 2.18. The predicted molar refractivity (Wildman–Crippen MR) is 64.0 cm³/mol. The van der Waals surface area contributed by atoms with Gasteiger partial charge in [0.25, 0.3) is 5.91 Å². The number of anilines is 2. The number of carbonyl (C=O) groups is 1. The average molecular weight is 250 g/mol. The summed E-state index contributed by atoms with van der Waals surface area (Å²) < 4.78 is 6.24. The van der Waals surface area contributed by atoms with Crippen molar-refractivity contribution in [1.82, 2.24) is 19.9 Å². The van der Waals surface area contributed by atoms with E-state index in [1.54, 1.807) is 14.0 Å². The number of rotatable bonds is 3. The third kappa shape index (κ3) is 2.04. The van der Waals surface area contributed by atoms with E-state index in [2.05, 4.69) is 20.6 Å². The van der Waals surface area contributed by atoms with Gasteiger partial charge in [-0.1, -0.05) is 12.1 Å². The predicted octanol–water partition coefficient (Wildman–Crippen LogP) is 0.508. The second kappa shape index (κ2) is 4.47. The molecule has 8 nitrogen and oxygen atoms in total. The number of carbonyl (C=O) groups excluding carboxylic acids is 1. The van der Waals surface area contributed by atoms with E-state index >= 15 is 0 Å². The van der Waals surface area contributed by atoms with Crippen LogP contribution < -0.4 is 11.1 Å². The van der Waals surface area contributed by atoms with Crippen LogP contribution in [0.5, 0.6) is 0 Å². The molecule has 0 fully saturated rings. The van der Waals surface area contributed by atoms with Crippen molar-refractivity contribution in [2.45, 2.75) is 20.3 Å². The van der Waals surface area contributed by atoms with Crippen LogP contribution >= 0.6 is 0 Å². The summed E-state index contributed by atoms with van der Waals surface area (Å²) in [6.07, 6.45) is 0.659. The standard InChI is InChI=1S/C10H14N6O2/c1-4-6-7(11)8(16(3)14-6)9(17)13-10-12-5(2)15-18-10/h4,11H2,1-3H3,(H,12,13,15,17). The molecule has 0 saturated heterocycles. The summed E-state index contributed by atoms with van der Waals surface area (Å²) in [5.41, 5.74) is 7.20. The van der Waals surface area contributed by atoms with Gasteiger partial charge in [0.05, 0.1) is 11.4 Å². The van der Waals surface area contributed by atoms with E-state index in [0.29, 0.717) is 23.6 Å². The first-order valence-electron chi connectivity index (χ1n) is 5.46. The molecule has 3 N–H and O–H groups in total. The zero-order valence-corrected chi connectivity index (χ0v) is 10.4. The Kier molecular flexibility index (Phi) is 3.00. The van der Waals surface area contributed by atoms with Crippen LogP contribution in [0.25, 0.3) is 0 Å². The number of aryl methyl sites for hydroxylation is 3. The van der Waals surface area contributed by atoms with Crippen molar-refractivity contribution >= 4 is 17.6 Å². The van der Waals surface area contributed by atoms with Crippen LogP contribution in [0.1, 0.15) is 28.9 Å². The first kappa shape index (κ1) is 12.1. The molecule has 0 aliphatic heterocycles. The van der Waals surface area contributed by atoms with E-state index in [0.717, 1.165) is 0 Å². The molecule has 2 aromatic heterocycles. The minimum atomic E-state index is -0.425. The van der Waals surface area contributed by atoms with Gasteiger partial charge in [-0.3, -0.25) is 14.8 Å². The summed E-state index contributed by atoms with van der Waals surface area (Å²) in [4.78, 5) is 15.9. The van der Waals surface area contributed by atoms with Crippen molar-refractivity contribution in [2.24, 2.45) is 7.05 Å². The number of nitrogens with two attached hydrogens (primary N) is 1. The third-order valence-corrected chi connectivity index (χ3v) is 2.46. The van der Waals surface area contributed by atoms with Crippen LogP contribution in [0.2, 0.25) is 0 Å². The monoisotopic (exact) mass is 250 g/mol. The van der Waals surface area contributed by atoms with Crippen LogP contribution in [-0.4, -0.2) is 25.8 Å². The maximum Gasteiger partial charge on any atom is 0.328 e. The summed E-state index contributed by atoms with van der Waals surface area (Å²) in [6, 6.07) is 0.0381. The van der Waals surface area contributed by atoms with Gasteiger partial charge in [-0.2, -0.15) is 10.1 Å². The zero-order valence-electron chi connectivity index (χ0n) is 10.4. The van der Waals surface area contributed by atoms with Gasteiger partial charge in [0.15, 0.2) is 5.82 Å². The Hall–Kier alpha value is -2.38. The molecule has 0 saturated carbocycles.